The number of hydrogen-bond donors (Lipinski definition) is 0. The van der Waals surface area contributed by atoms with E-state index in [2.05, 4.69) is 15.1 Å². The molecule has 124 valence electrons. The summed E-state index contributed by atoms with van der Waals surface area (Å²) < 4.78 is 11.9. The van der Waals surface area contributed by atoms with Gasteiger partial charge in [-0.1, -0.05) is 12.1 Å². The Labute approximate surface area is 139 Å². The first-order valence-electron chi connectivity index (χ1n) is 7.58. The van der Waals surface area contributed by atoms with Crippen LogP contribution in [0, 0.1) is 13.8 Å². The lowest BCUT2D eigenvalue weighted by atomic mass is 10.1. The lowest BCUT2D eigenvalue weighted by molar-refractivity contribution is 0.0495. The normalized spacial score (nSPS) is 10.8. The van der Waals surface area contributed by atoms with Gasteiger partial charge in [0, 0.05) is 17.8 Å². The van der Waals surface area contributed by atoms with E-state index >= 15 is 0 Å². The summed E-state index contributed by atoms with van der Waals surface area (Å²) in [5.41, 5.74) is 2.74. The van der Waals surface area contributed by atoms with Crippen LogP contribution in [0.5, 0.6) is 5.75 Å². The maximum atomic E-state index is 12.1. The number of esters is 1. The fourth-order valence-electron chi connectivity index (χ4n) is 2.37. The Hall–Kier alpha value is -2.96. The molecule has 0 saturated heterocycles. The van der Waals surface area contributed by atoms with Crippen molar-refractivity contribution >= 4 is 11.7 Å². The van der Waals surface area contributed by atoms with Crippen LogP contribution in [0.25, 0.3) is 5.78 Å². The first-order chi connectivity index (χ1) is 11.6. The van der Waals surface area contributed by atoms with Gasteiger partial charge in [-0.3, -0.25) is 0 Å². The van der Waals surface area contributed by atoms with Crippen molar-refractivity contribution in [2.45, 2.75) is 20.3 Å². The summed E-state index contributed by atoms with van der Waals surface area (Å²) in [6, 6.07) is 9.49. The molecule has 0 aliphatic rings. The van der Waals surface area contributed by atoms with Crippen molar-refractivity contribution in [3.8, 4) is 5.75 Å². The topological polar surface area (TPSA) is 78.6 Å². The average molecular weight is 326 g/mol. The number of carbonyl (C=O) groups is 1. The Morgan fingerprint density at radius 3 is 2.62 bits per heavy atom. The molecule has 0 fully saturated rings. The van der Waals surface area contributed by atoms with Gasteiger partial charge in [-0.2, -0.15) is 4.98 Å². The largest absolute Gasteiger partial charge is 0.497 e. The SMILES string of the molecule is COc1ccc(CCOC(=O)c2nc3nc(C)cc(C)n3n2)cc1. The third kappa shape index (κ3) is 3.34. The second-order valence-corrected chi connectivity index (χ2v) is 5.42. The molecular formula is C17H18N4O3. The third-order valence-electron chi connectivity index (χ3n) is 3.58. The molecule has 7 nitrogen and oxygen atoms in total. The summed E-state index contributed by atoms with van der Waals surface area (Å²) in [6.45, 7) is 4.01. The van der Waals surface area contributed by atoms with Gasteiger partial charge >= 0.3 is 5.97 Å². The number of nitrogens with zero attached hydrogens (tertiary/aromatic N) is 4. The molecule has 0 bridgehead atoms. The molecule has 0 radical (unpaired) electrons. The monoisotopic (exact) mass is 326 g/mol. The van der Waals surface area contributed by atoms with E-state index in [9.17, 15) is 4.79 Å². The van der Waals surface area contributed by atoms with Crippen LogP contribution in [0.2, 0.25) is 0 Å². The molecule has 2 heterocycles. The van der Waals surface area contributed by atoms with Gasteiger partial charge in [0.2, 0.25) is 0 Å². The Balaban J connectivity index is 1.63. The minimum atomic E-state index is -0.550. The number of rotatable bonds is 5. The summed E-state index contributed by atoms with van der Waals surface area (Å²) in [5, 5.41) is 4.15. The second kappa shape index (κ2) is 6.66. The van der Waals surface area contributed by atoms with E-state index in [0.29, 0.717) is 12.2 Å². The Morgan fingerprint density at radius 1 is 1.17 bits per heavy atom. The van der Waals surface area contributed by atoms with Crippen molar-refractivity contribution in [3.05, 3.63) is 53.1 Å². The number of aryl methyl sites for hydroxylation is 2. The predicted molar refractivity (Wildman–Crippen MR) is 87.2 cm³/mol. The van der Waals surface area contributed by atoms with Gasteiger partial charge in [0.05, 0.1) is 13.7 Å². The molecule has 0 amide bonds. The van der Waals surface area contributed by atoms with Gasteiger partial charge in [-0.25, -0.2) is 14.3 Å². The molecule has 2 aromatic heterocycles. The number of carbonyl (C=O) groups excluding carboxylic acids is 1. The van der Waals surface area contributed by atoms with Gasteiger partial charge in [0.1, 0.15) is 5.75 Å². The van der Waals surface area contributed by atoms with Crippen molar-refractivity contribution in [1.29, 1.82) is 0 Å². The van der Waals surface area contributed by atoms with Crippen LogP contribution >= 0.6 is 0 Å². The van der Waals surface area contributed by atoms with Gasteiger partial charge in [0.25, 0.3) is 11.6 Å². The summed E-state index contributed by atoms with van der Waals surface area (Å²) in [4.78, 5) is 20.5. The summed E-state index contributed by atoms with van der Waals surface area (Å²) in [5.74, 6) is 0.661. The Bertz CT molecular complexity index is 871. The van der Waals surface area contributed by atoms with Crippen LogP contribution in [0.15, 0.2) is 30.3 Å². The minimum absolute atomic E-state index is 0.0194. The van der Waals surface area contributed by atoms with Crippen molar-refractivity contribution in [2.24, 2.45) is 0 Å². The van der Waals surface area contributed by atoms with Crippen molar-refractivity contribution in [2.75, 3.05) is 13.7 Å². The number of hydrogen-bond acceptors (Lipinski definition) is 6. The first kappa shape index (κ1) is 15.9. The third-order valence-corrected chi connectivity index (χ3v) is 3.58. The summed E-state index contributed by atoms with van der Waals surface area (Å²) >= 11 is 0. The zero-order valence-electron chi connectivity index (χ0n) is 13.8. The molecule has 7 heteroatoms. The molecule has 0 aliphatic heterocycles. The van der Waals surface area contributed by atoms with E-state index in [4.69, 9.17) is 9.47 Å². The lowest BCUT2D eigenvalue weighted by Gasteiger charge is -2.04. The first-order valence-corrected chi connectivity index (χ1v) is 7.58. The molecule has 24 heavy (non-hydrogen) atoms. The molecule has 3 rings (SSSR count). The summed E-state index contributed by atoms with van der Waals surface area (Å²) in [6.07, 6.45) is 0.611. The highest BCUT2D eigenvalue weighted by atomic mass is 16.5. The number of ether oxygens (including phenoxy) is 2. The van der Waals surface area contributed by atoms with Crippen molar-refractivity contribution in [1.82, 2.24) is 19.6 Å². The Kier molecular flexibility index (Phi) is 4.41. The highest BCUT2D eigenvalue weighted by molar-refractivity contribution is 5.85. The highest BCUT2D eigenvalue weighted by Crippen LogP contribution is 2.12. The molecule has 0 atom stereocenters. The van der Waals surface area contributed by atoms with E-state index in [1.807, 2.05) is 44.2 Å². The van der Waals surface area contributed by atoms with E-state index < -0.39 is 5.97 Å². The van der Waals surface area contributed by atoms with E-state index in [0.717, 1.165) is 22.7 Å². The molecule has 3 aromatic rings. The van der Waals surface area contributed by atoms with Gasteiger partial charge in [-0.05, 0) is 37.6 Å². The van der Waals surface area contributed by atoms with Crippen LogP contribution in [0.4, 0.5) is 0 Å². The smallest absolute Gasteiger partial charge is 0.378 e. The van der Waals surface area contributed by atoms with Crippen molar-refractivity contribution < 1.29 is 14.3 Å². The van der Waals surface area contributed by atoms with E-state index in [-0.39, 0.29) is 12.4 Å². The molecule has 1 aromatic carbocycles. The van der Waals surface area contributed by atoms with Crippen LogP contribution in [0.3, 0.4) is 0 Å². The molecule has 0 aliphatic carbocycles. The maximum absolute atomic E-state index is 12.1. The maximum Gasteiger partial charge on any atom is 0.378 e. The minimum Gasteiger partial charge on any atom is -0.497 e. The van der Waals surface area contributed by atoms with Gasteiger partial charge < -0.3 is 9.47 Å². The van der Waals surface area contributed by atoms with E-state index in [1.165, 1.54) is 4.52 Å². The molecular weight excluding hydrogens is 308 g/mol. The standard InChI is InChI=1S/C17H18N4O3/c1-11-10-12(2)21-17(18-11)19-15(20-21)16(22)24-9-8-13-4-6-14(23-3)7-5-13/h4-7,10H,8-9H2,1-3H3. The fourth-order valence-corrected chi connectivity index (χ4v) is 2.37. The fraction of sp³-hybridized carbons (Fsp3) is 0.294. The summed E-state index contributed by atoms with van der Waals surface area (Å²) in [7, 11) is 1.62. The molecule has 0 N–H and O–H groups in total. The van der Waals surface area contributed by atoms with Crippen LogP contribution in [0.1, 0.15) is 27.6 Å². The molecule has 0 unspecified atom stereocenters. The average Bonchev–Trinajstić information content (AvgIpc) is 3.00. The predicted octanol–water partition coefficient (Wildman–Crippen LogP) is 2.15. The number of aromatic nitrogens is 4. The zero-order valence-corrected chi connectivity index (χ0v) is 13.8. The zero-order chi connectivity index (χ0) is 17.1. The van der Waals surface area contributed by atoms with E-state index in [1.54, 1.807) is 7.11 Å². The van der Waals surface area contributed by atoms with Gasteiger partial charge in [0.15, 0.2) is 0 Å². The second-order valence-electron chi connectivity index (χ2n) is 5.42. The number of benzene rings is 1. The quantitative estimate of drug-likeness (QED) is 0.669. The molecule has 0 saturated carbocycles. The Morgan fingerprint density at radius 2 is 1.92 bits per heavy atom. The van der Waals surface area contributed by atoms with Crippen molar-refractivity contribution in [3.63, 3.8) is 0 Å². The van der Waals surface area contributed by atoms with Crippen LogP contribution < -0.4 is 4.74 Å². The number of fused-ring (bicyclic) bond motifs is 1. The molecule has 0 spiro atoms. The van der Waals surface area contributed by atoms with Crippen LogP contribution in [-0.2, 0) is 11.2 Å². The highest BCUT2D eigenvalue weighted by Gasteiger charge is 2.16. The van der Waals surface area contributed by atoms with Gasteiger partial charge in [-0.15, -0.1) is 5.10 Å². The lowest BCUT2D eigenvalue weighted by Crippen LogP contribution is -2.10. The van der Waals surface area contributed by atoms with Crippen LogP contribution in [-0.4, -0.2) is 39.3 Å². The number of methoxy groups -OCH3 is 1.